The minimum Gasteiger partial charge on any atom is -0.338 e. The van der Waals surface area contributed by atoms with Crippen LogP contribution in [0.1, 0.15) is 19.2 Å². The van der Waals surface area contributed by atoms with E-state index in [1.54, 1.807) is 4.90 Å². The molecule has 1 aliphatic rings. The summed E-state index contributed by atoms with van der Waals surface area (Å²) in [4.78, 5) is 23.2. The molecule has 1 saturated heterocycles. The molecule has 134 valence electrons. The fraction of sp³-hybridized carbons (Fsp3) is 0.471. The molecule has 1 fully saturated rings. The molecule has 3 rings (SSSR count). The summed E-state index contributed by atoms with van der Waals surface area (Å²) < 4.78 is 23.4. The van der Waals surface area contributed by atoms with Crippen molar-refractivity contribution in [2.24, 2.45) is 0 Å². The van der Waals surface area contributed by atoms with Gasteiger partial charge >= 0.3 is 0 Å². The van der Waals surface area contributed by atoms with Gasteiger partial charge in [0, 0.05) is 18.0 Å². The number of thioether (sulfide) groups is 1. The first kappa shape index (κ1) is 18.1. The van der Waals surface area contributed by atoms with Gasteiger partial charge in [-0.3, -0.25) is 4.79 Å². The van der Waals surface area contributed by atoms with E-state index < -0.39 is 9.84 Å². The van der Waals surface area contributed by atoms with Crippen LogP contribution in [0.5, 0.6) is 0 Å². The number of benzene rings is 1. The minimum atomic E-state index is -3.01. The quantitative estimate of drug-likeness (QED) is 0.584. The highest BCUT2D eigenvalue weighted by molar-refractivity contribution is 8.00. The number of carbonyl (C=O) groups excluding carboxylic acids is 1. The van der Waals surface area contributed by atoms with E-state index in [4.69, 9.17) is 0 Å². The summed E-state index contributed by atoms with van der Waals surface area (Å²) >= 11 is 1.38. The molecule has 1 atom stereocenters. The van der Waals surface area contributed by atoms with Crippen molar-refractivity contribution < 1.29 is 13.2 Å². The second-order valence-electron chi connectivity index (χ2n) is 6.12. The van der Waals surface area contributed by atoms with Crippen LogP contribution in [0.3, 0.4) is 0 Å². The Morgan fingerprint density at radius 2 is 2.08 bits per heavy atom. The van der Waals surface area contributed by atoms with Crippen LogP contribution < -0.4 is 0 Å². The molecular formula is C17H21N3O3S2. The third-order valence-corrected chi connectivity index (χ3v) is 7.05. The Hall–Kier alpha value is -1.67. The maximum absolute atomic E-state index is 12.6. The van der Waals surface area contributed by atoms with Crippen molar-refractivity contribution in [3.05, 3.63) is 30.1 Å². The number of carbonyl (C=O) groups is 1. The number of hydrogen-bond acceptors (Lipinski definition) is 6. The Bertz CT molecular complexity index is 899. The second-order valence-corrected chi connectivity index (χ2v) is 9.31. The number of sulfone groups is 1. The molecule has 2 heterocycles. The van der Waals surface area contributed by atoms with Gasteiger partial charge in [0.2, 0.25) is 5.91 Å². The molecule has 0 N–H and O–H groups in total. The summed E-state index contributed by atoms with van der Waals surface area (Å²) in [6, 6.07) is 7.52. The summed E-state index contributed by atoms with van der Waals surface area (Å²) in [5.41, 5.74) is 0.860. The Labute approximate surface area is 152 Å². The summed E-state index contributed by atoms with van der Waals surface area (Å²) in [6.07, 6.45) is 0.530. The molecule has 1 aliphatic heterocycles. The fourth-order valence-corrected chi connectivity index (χ4v) is 5.82. The van der Waals surface area contributed by atoms with E-state index in [-0.39, 0.29) is 29.2 Å². The van der Waals surface area contributed by atoms with Crippen LogP contribution in [0, 0.1) is 6.92 Å². The molecule has 0 radical (unpaired) electrons. The molecule has 6 nitrogen and oxygen atoms in total. The van der Waals surface area contributed by atoms with Gasteiger partial charge in [0.15, 0.2) is 9.84 Å². The molecule has 1 aromatic carbocycles. The fourth-order valence-electron chi connectivity index (χ4n) is 3.14. The second kappa shape index (κ2) is 7.29. The van der Waals surface area contributed by atoms with E-state index in [1.807, 2.05) is 38.1 Å². The van der Waals surface area contributed by atoms with Gasteiger partial charge in [0.05, 0.1) is 22.8 Å². The Balaban J connectivity index is 1.74. The third kappa shape index (κ3) is 4.12. The third-order valence-electron chi connectivity index (χ3n) is 4.32. The lowest BCUT2D eigenvalue weighted by Gasteiger charge is -2.26. The van der Waals surface area contributed by atoms with Crippen molar-refractivity contribution >= 4 is 38.4 Å². The maximum Gasteiger partial charge on any atom is 0.233 e. The van der Waals surface area contributed by atoms with Gasteiger partial charge in [-0.15, -0.1) is 0 Å². The predicted molar refractivity (Wildman–Crippen MR) is 99.4 cm³/mol. The average Bonchev–Trinajstić information content (AvgIpc) is 2.92. The van der Waals surface area contributed by atoms with Crippen molar-refractivity contribution in [3.8, 4) is 0 Å². The van der Waals surface area contributed by atoms with E-state index in [9.17, 15) is 13.2 Å². The number of fused-ring (bicyclic) bond motifs is 1. The van der Waals surface area contributed by atoms with Crippen molar-refractivity contribution in [3.63, 3.8) is 0 Å². The van der Waals surface area contributed by atoms with Crippen LogP contribution in [0.15, 0.2) is 29.3 Å². The van der Waals surface area contributed by atoms with E-state index in [2.05, 4.69) is 9.97 Å². The van der Waals surface area contributed by atoms with Crippen molar-refractivity contribution in [2.45, 2.75) is 31.3 Å². The first-order valence-corrected chi connectivity index (χ1v) is 11.1. The van der Waals surface area contributed by atoms with Gasteiger partial charge in [-0.05, 0) is 26.3 Å². The molecule has 0 bridgehead atoms. The van der Waals surface area contributed by atoms with Gasteiger partial charge in [-0.2, -0.15) is 0 Å². The summed E-state index contributed by atoms with van der Waals surface area (Å²) in [7, 11) is -3.01. The molecule has 0 saturated carbocycles. The first-order chi connectivity index (χ1) is 11.9. The summed E-state index contributed by atoms with van der Waals surface area (Å²) in [5, 5.41) is 1.71. The van der Waals surface area contributed by atoms with Crippen LogP contribution in [0.25, 0.3) is 10.9 Å². The van der Waals surface area contributed by atoms with Gasteiger partial charge in [0.1, 0.15) is 10.9 Å². The van der Waals surface area contributed by atoms with Gasteiger partial charge < -0.3 is 4.90 Å². The average molecular weight is 380 g/mol. The Morgan fingerprint density at radius 3 is 2.76 bits per heavy atom. The first-order valence-electron chi connectivity index (χ1n) is 8.25. The lowest BCUT2D eigenvalue weighted by molar-refractivity contribution is -0.129. The van der Waals surface area contributed by atoms with Crippen LogP contribution in [0.2, 0.25) is 0 Å². The topological polar surface area (TPSA) is 80.2 Å². The molecular weight excluding hydrogens is 358 g/mol. The molecule has 0 spiro atoms. The van der Waals surface area contributed by atoms with E-state index in [0.29, 0.717) is 18.8 Å². The Morgan fingerprint density at radius 1 is 1.32 bits per heavy atom. The van der Waals surface area contributed by atoms with E-state index in [1.165, 1.54) is 11.8 Å². The Kier molecular flexibility index (Phi) is 5.29. The number of amides is 1. The zero-order valence-corrected chi connectivity index (χ0v) is 15.9. The number of aromatic nitrogens is 2. The molecule has 2 aromatic rings. The smallest absolute Gasteiger partial charge is 0.233 e. The highest BCUT2D eigenvalue weighted by Crippen LogP contribution is 2.26. The van der Waals surface area contributed by atoms with Gasteiger partial charge in [-0.1, -0.05) is 30.0 Å². The number of rotatable bonds is 5. The number of nitrogens with zero attached hydrogens (tertiary/aromatic N) is 3. The minimum absolute atomic E-state index is 0.0463. The summed E-state index contributed by atoms with van der Waals surface area (Å²) in [6.45, 7) is 4.24. The predicted octanol–water partition coefficient (Wildman–Crippen LogP) is 2.07. The van der Waals surface area contributed by atoms with Crippen LogP contribution in [-0.4, -0.2) is 59.0 Å². The van der Waals surface area contributed by atoms with E-state index >= 15 is 0 Å². The lowest BCUT2D eigenvalue weighted by Crippen LogP contribution is -2.41. The molecule has 0 unspecified atom stereocenters. The molecule has 1 amide bonds. The molecule has 8 heteroatoms. The molecule has 25 heavy (non-hydrogen) atoms. The lowest BCUT2D eigenvalue weighted by atomic mass is 10.2. The summed E-state index contributed by atoms with van der Waals surface area (Å²) in [5.74, 6) is 1.11. The van der Waals surface area contributed by atoms with Gasteiger partial charge in [-0.25, -0.2) is 18.4 Å². The highest BCUT2D eigenvalue weighted by atomic mass is 32.2. The van der Waals surface area contributed by atoms with Crippen LogP contribution in [0.4, 0.5) is 0 Å². The largest absolute Gasteiger partial charge is 0.338 e. The van der Waals surface area contributed by atoms with Crippen molar-refractivity contribution in [1.82, 2.24) is 14.9 Å². The zero-order chi connectivity index (χ0) is 18.0. The number of aryl methyl sites for hydroxylation is 1. The monoisotopic (exact) mass is 379 g/mol. The number of para-hydroxylation sites is 1. The van der Waals surface area contributed by atoms with Crippen molar-refractivity contribution in [2.75, 3.05) is 23.8 Å². The number of hydrogen-bond donors (Lipinski definition) is 0. The maximum atomic E-state index is 12.6. The molecule has 0 aliphatic carbocycles. The van der Waals surface area contributed by atoms with Gasteiger partial charge in [0.25, 0.3) is 0 Å². The standard InChI is InChI=1S/C17H21N3O3S2/c1-3-20(13-8-9-25(22,23)11-13)16(21)10-24-17-14-6-4-5-7-15(14)18-12(2)19-17/h4-7,13H,3,8-11H2,1-2H3/t13-/m1/s1. The highest BCUT2D eigenvalue weighted by Gasteiger charge is 2.33. The normalized spacial score (nSPS) is 19.2. The van der Waals surface area contributed by atoms with Crippen LogP contribution >= 0.6 is 11.8 Å². The van der Waals surface area contributed by atoms with E-state index in [0.717, 1.165) is 15.9 Å². The molecule has 1 aromatic heterocycles. The van der Waals surface area contributed by atoms with Crippen LogP contribution in [-0.2, 0) is 14.6 Å². The zero-order valence-electron chi connectivity index (χ0n) is 14.3. The SMILES string of the molecule is CCN(C(=O)CSc1nc(C)nc2ccccc12)[C@@H]1CCS(=O)(=O)C1. The van der Waals surface area contributed by atoms with Crippen molar-refractivity contribution in [1.29, 1.82) is 0 Å².